The molecule has 2 rings (SSSR count). The van der Waals surface area contributed by atoms with Crippen LogP contribution in [0.25, 0.3) is 0 Å². The van der Waals surface area contributed by atoms with Gasteiger partial charge in [-0.25, -0.2) is 0 Å². The van der Waals surface area contributed by atoms with Gasteiger partial charge < -0.3 is 10.6 Å². The molecule has 14 heavy (non-hydrogen) atoms. The first kappa shape index (κ1) is 11.0. The highest BCUT2D eigenvalue weighted by atomic mass is 16.2. The third-order valence-electron chi connectivity index (χ3n) is 3.07. The zero-order valence-corrected chi connectivity index (χ0v) is 9.13. The average Bonchev–Trinajstić information content (AvgIpc) is 2.19. The van der Waals surface area contributed by atoms with Gasteiger partial charge >= 0.3 is 0 Å². The number of nitrogens with one attached hydrogen (secondary N) is 2. The zero-order chi connectivity index (χ0) is 10.9. The van der Waals surface area contributed by atoms with Crippen LogP contribution in [0.5, 0.6) is 0 Å². The standard InChI is InChI=1S/2C5H9NO/c2*1-3-4(2)6-5(3)7/h2*3-4H,1-2H3,(H,6,7). The van der Waals surface area contributed by atoms with Gasteiger partial charge in [-0.3, -0.25) is 9.59 Å². The quantitative estimate of drug-likeness (QED) is 0.549. The van der Waals surface area contributed by atoms with E-state index in [1.807, 2.05) is 27.7 Å². The van der Waals surface area contributed by atoms with Gasteiger partial charge in [0.05, 0.1) is 11.8 Å². The van der Waals surface area contributed by atoms with Crippen LogP contribution < -0.4 is 10.6 Å². The van der Waals surface area contributed by atoms with Crippen molar-refractivity contribution in [3.8, 4) is 0 Å². The summed E-state index contributed by atoms with van der Waals surface area (Å²) in [6.07, 6.45) is 0. The summed E-state index contributed by atoms with van der Waals surface area (Å²) in [6, 6.07) is 0.819. The predicted molar refractivity (Wildman–Crippen MR) is 53.5 cm³/mol. The second kappa shape index (κ2) is 3.98. The van der Waals surface area contributed by atoms with Gasteiger partial charge in [-0.1, -0.05) is 13.8 Å². The monoisotopic (exact) mass is 198 g/mol. The number of β-lactam (4-membered cyclic amide) rings is 2. The van der Waals surface area contributed by atoms with Crippen molar-refractivity contribution < 1.29 is 9.59 Å². The van der Waals surface area contributed by atoms with Crippen LogP contribution in [0.15, 0.2) is 0 Å². The molecule has 2 heterocycles. The first-order valence-corrected chi connectivity index (χ1v) is 5.04. The lowest BCUT2D eigenvalue weighted by molar-refractivity contribution is -0.134. The van der Waals surface area contributed by atoms with E-state index < -0.39 is 0 Å². The van der Waals surface area contributed by atoms with Crippen molar-refractivity contribution in [2.45, 2.75) is 39.8 Å². The summed E-state index contributed by atoms with van der Waals surface area (Å²) in [5.41, 5.74) is 0. The maximum atomic E-state index is 10.3. The Bertz CT molecular complexity index is 227. The fourth-order valence-corrected chi connectivity index (χ4v) is 1.22. The van der Waals surface area contributed by atoms with E-state index in [4.69, 9.17) is 0 Å². The van der Waals surface area contributed by atoms with Gasteiger partial charge in [0.2, 0.25) is 11.8 Å². The van der Waals surface area contributed by atoms with Gasteiger partial charge in [0.25, 0.3) is 0 Å². The molecule has 0 radical (unpaired) electrons. The Balaban J connectivity index is 0.000000140. The molecule has 4 nitrogen and oxygen atoms in total. The van der Waals surface area contributed by atoms with E-state index in [0.717, 1.165) is 0 Å². The van der Waals surface area contributed by atoms with Crippen LogP contribution in [0.2, 0.25) is 0 Å². The molecule has 4 atom stereocenters. The molecule has 2 aliphatic heterocycles. The Morgan fingerprint density at radius 2 is 1.07 bits per heavy atom. The maximum absolute atomic E-state index is 10.3. The molecule has 0 aromatic heterocycles. The Morgan fingerprint density at radius 1 is 0.786 bits per heavy atom. The van der Waals surface area contributed by atoms with Crippen molar-refractivity contribution in [3.05, 3.63) is 0 Å². The first-order chi connectivity index (χ1) is 6.43. The topological polar surface area (TPSA) is 58.2 Å². The predicted octanol–water partition coefficient (Wildman–Crippen LogP) is 0.282. The van der Waals surface area contributed by atoms with E-state index in [2.05, 4.69) is 10.6 Å². The lowest BCUT2D eigenvalue weighted by Gasteiger charge is -2.30. The van der Waals surface area contributed by atoms with E-state index in [-0.39, 0.29) is 23.7 Å². The molecule has 2 aliphatic rings. The van der Waals surface area contributed by atoms with Crippen molar-refractivity contribution >= 4 is 11.8 Å². The van der Waals surface area contributed by atoms with E-state index in [0.29, 0.717) is 12.1 Å². The van der Waals surface area contributed by atoms with Crippen LogP contribution in [-0.2, 0) is 9.59 Å². The number of hydrogen-bond donors (Lipinski definition) is 2. The van der Waals surface area contributed by atoms with Crippen molar-refractivity contribution in [1.82, 2.24) is 10.6 Å². The minimum Gasteiger partial charge on any atom is -0.353 e. The number of carbonyl (C=O) groups excluding carboxylic acids is 2. The Hall–Kier alpha value is -1.06. The van der Waals surface area contributed by atoms with E-state index in [9.17, 15) is 9.59 Å². The first-order valence-electron chi connectivity index (χ1n) is 5.04. The van der Waals surface area contributed by atoms with Gasteiger partial charge in [-0.05, 0) is 13.8 Å². The molecule has 0 aromatic carbocycles. The molecule has 0 aromatic rings. The minimum absolute atomic E-state index is 0.188. The summed E-state index contributed by atoms with van der Waals surface area (Å²) in [4.78, 5) is 20.7. The highest BCUT2D eigenvalue weighted by Gasteiger charge is 2.31. The summed E-state index contributed by atoms with van der Waals surface area (Å²) in [5.74, 6) is 0.875. The van der Waals surface area contributed by atoms with Gasteiger partial charge in [0, 0.05) is 12.1 Å². The lowest BCUT2D eigenvalue weighted by atomic mass is 9.95. The summed E-state index contributed by atoms with van der Waals surface area (Å²) in [7, 11) is 0. The van der Waals surface area contributed by atoms with Crippen LogP contribution in [0.4, 0.5) is 0 Å². The van der Waals surface area contributed by atoms with Gasteiger partial charge in [0.15, 0.2) is 0 Å². The second-order valence-corrected chi connectivity index (χ2v) is 4.17. The Kier molecular flexibility index (Phi) is 3.13. The Morgan fingerprint density at radius 3 is 1.07 bits per heavy atom. The minimum atomic E-state index is 0.188. The van der Waals surface area contributed by atoms with Crippen LogP contribution >= 0.6 is 0 Å². The highest BCUT2D eigenvalue weighted by molar-refractivity contribution is 5.85. The highest BCUT2D eigenvalue weighted by Crippen LogP contribution is 2.11. The number of carbonyl (C=O) groups is 2. The molecule has 0 spiro atoms. The largest absolute Gasteiger partial charge is 0.353 e. The van der Waals surface area contributed by atoms with Crippen LogP contribution in [-0.4, -0.2) is 23.9 Å². The molecule has 2 amide bonds. The van der Waals surface area contributed by atoms with E-state index >= 15 is 0 Å². The SMILES string of the molecule is CC1NC(=O)C1C.CC1NC(=O)C1C. The second-order valence-electron chi connectivity index (χ2n) is 4.17. The van der Waals surface area contributed by atoms with Gasteiger partial charge in [0.1, 0.15) is 0 Å². The van der Waals surface area contributed by atoms with Gasteiger partial charge in [-0.15, -0.1) is 0 Å². The molecule has 80 valence electrons. The average molecular weight is 198 g/mol. The number of rotatable bonds is 0. The molecule has 4 heteroatoms. The van der Waals surface area contributed by atoms with Crippen molar-refractivity contribution in [2.75, 3.05) is 0 Å². The van der Waals surface area contributed by atoms with Crippen molar-refractivity contribution in [3.63, 3.8) is 0 Å². The summed E-state index contributed by atoms with van der Waals surface area (Å²) >= 11 is 0. The van der Waals surface area contributed by atoms with Crippen molar-refractivity contribution in [2.24, 2.45) is 11.8 Å². The van der Waals surface area contributed by atoms with Crippen LogP contribution in [0.1, 0.15) is 27.7 Å². The summed E-state index contributed by atoms with van der Waals surface area (Å²) in [5, 5.41) is 5.43. The summed E-state index contributed by atoms with van der Waals surface area (Å²) < 4.78 is 0. The van der Waals surface area contributed by atoms with E-state index in [1.165, 1.54) is 0 Å². The van der Waals surface area contributed by atoms with E-state index in [1.54, 1.807) is 0 Å². The molecule has 0 aliphatic carbocycles. The molecule has 2 fully saturated rings. The van der Waals surface area contributed by atoms with Crippen molar-refractivity contribution in [1.29, 1.82) is 0 Å². The molecule has 2 saturated heterocycles. The normalized spacial score (nSPS) is 39.4. The molecule has 0 saturated carbocycles. The fourth-order valence-electron chi connectivity index (χ4n) is 1.22. The smallest absolute Gasteiger partial charge is 0.225 e. The molecule has 2 N–H and O–H groups in total. The lowest BCUT2D eigenvalue weighted by Crippen LogP contribution is -2.54. The molecule has 4 unspecified atom stereocenters. The molecular weight excluding hydrogens is 180 g/mol. The third kappa shape index (κ3) is 2.05. The number of amides is 2. The fraction of sp³-hybridized carbons (Fsp3) is 0.800. The summed E-state index contributed by atoms with van der Waals surface area (Å²) in [6.45, 7) is 7.88. The number of hydrogen-bond acceptors (Lipinski definition) is 2. The molecular formula is C10H18N2O2. The maximum Gasteiger partial charge on any atom is 0.225 e. The van der Waals surface area contributed by atoms with Crippen LogP contribution in [0, 0.1) is 11.8 Å². The zero-order valence-electron chi connectivity index (χ0n) is 9.13. The Labute approximate surface area is 84.4 Å². The molecule has 0 bridgehead atoms. The third-order valence-corrected chi connectivity index (χ3v) is 3.07. The van der Waals surface area contributed by atoms with Gasteiger partial charge in [-0.2, -0.15) is 0 Å². The van der Waals surface area contributed by atoms with Crippen LogP contribution in [0.3, 0.4) is 0 Å².